The Morgan fingerprint density at radius 1 is 1.04 bits per heavy atom. The molecule has 0 radical (unpaired) electrons. The number of carboxylic acid groups (broad SMARTS) is 1. The summed E-state index contributed by atoms with van der Waals surface area (Å²) in [6, 6.07) is 16.4. The van der Waals surface area contributed by atoms with E-state index in [9.17, 15) is 14.7 Å². The second-order valence-corrected chi connectivity index (χ2v) is 5.97. The van der Waals surface area contributed by atoms with Crippen molar-refractivity contribution in [1.82, 2.24) is 4.98 Å². The van der Waals surface area contributed by atoms with Crippen LogP contribution in [0.5, 0.6) is 0 Å². The first-order valence-electron chi connectivity index (χ1n) is 7.22. The van der Waals surface area contributed by atoms with E-state index in [1.54, 1.807) is 0 Å². The molecule has 0 saturated carbocycles. The van der Waals surface area contributed by atoms with Crippen molar-refractivity contribution in [3.8, 4) is 0 Å². The van der Waals surface area contributed by atoms with E-state index in [4.69, 9.17) is 0 Å². The van der Waals surface area contributed by atoms with E-state index in [-0.39, 0.29) is 22.2 Å². The van der Waals surface area contributed by atoms with Crippen molar-refractivity contribution in [2.75, 3.05) is 11.1 Å². The average molecular weight is 337 g/mol. The third kappa shape index (κ3) is 3.55. The number of anilines is 1. The average Bonchev–Trinajstić information content (AvgIpc) is 2.60. The van der Waals surface area contributed by atoms with E-state index in [1.165, 1.54) is 18.3 Å². The number of thioether (sulfide) groups is 1. The van der Waals surface area contributed by atoms with Gasteiger partial charge < -0.3 is 15.2 Å². The maximum Gasteiger partial charge on any atom is 0.234 e. The molecule has 1 amide bonds. The molecular weight excluding hydrogens is 324 g/mol. The van der Waals surface area contributed by atoms with Crippen LogP contribution in [0, 0.1) is 0 Å². The zero-order valence-electron chi connectivity index (χ0n) is 12.6. The van der Waals surface area contributed by atoms with Gasteiger partial charge in [-0.05, 0) is 23.6 Å². The number of nitrogens with one attached hydrogen (secondary N) is 1. The zero-order chi connectivity index (χ0) is 16.9. The van der Waals surface area contributed by atoms with E-state index >= 15 is 0 Å². The van der Waals surface area contributed by atoms with Crippen LogP contribution in [-0.2, 0) is 4.79 Å². The number of carbonyl (C=O) groups excluding carboxylic acids is 2. The Labute approximate surface area is 142 Å². The van der Waals surface area contributed by atoms with Crippen molar-refractivity contribution in [1.29, 1.82) is 0 Å². The second kappa shape index (κ2) is 7.14. The van der Waals surface area contributed by atoms with Crippen molar-refractivity contribution >= 4 is 40.1 Å². The molecule has 24 heavy (non-hydrogen) atoms. The Hall–Kier alpha value is -2.86. The Morgan fingerprint density at radius 3 is 2.67 bits per heavy atom. The summed E-state index contributed by atoms with van der Waals surface area (Å²) in [4.78, 5) is 27.2. The molecule has 0 unspecified atom stereocenters. The zero-order valence-corrected chi connectivity index (χ0v) is 13.4. The van der Waals surface area contributed by atoms with Gasteiger partial charge in [-0.2, -0.15) is 0 Å². The Bertz CT molecular complexity index is 906. The molecule has 0 saturated heterocycles. The molecular formula is C18H13N2O3S-. The highest BCUT2D eigenvalue weighted by atomic mass is 32.2. The van der Waals surface area contributed by atoms with E-state index in [0.717, 1.165) is 28.2 Å². The number of aromatic carboxylic acids is 1. The minimum absolute atomic E-state index is 0.0135. The molecule has 1 heterocycles. The van der Waals surface area contributed by atoms with Gasteiger partial charge in [0.25, 0.3) is 0 Å². The lowest BCUT2D eigenvalue weighted by atomic mass is 10.1. The van der Waals surface area contributed by atoms with Crippen LogP contribution < -0.4 is 10.4 Å². The molecule has 6 heteroatoms. The van der Waals surface area contributed by atoms with Crippen molar-refractivity contribution in [2.24, 2.45) is 0 Å². The molecule has 5 nitrogen and oxygen atoms in total. The van der Waals surface area contributed by atoms with Gasteiger partial charge in [-0.15, -0.1) is 0 Å². The summed E-state index contributed by atoms with van der Waals surface area (Å²) in [7, 11) is 0. The number of nitrogens with zero attached hydrogens (tertiary/aromatic N) is 1. The Balaban J connectivity index is 1.71. The third-order valence-corrected chi connectivity index (χ3v) is 4.40. The van der Waals surface area contributed by atoms with Gasteiger partial charge in [0, 0.05) is 22.8 Å². The first kappa shape index (κ1) is 16.0. The number of amides is 1. The molecule has 120 valence electrons. The molecule has 3 rings (SSSR count). The molecule has 0 aliphatic rings. The number of aromatic nitrogens is 1. The van der Waals surface area contributed by atoms with Crippen LogP contribution in [0.4, 0.5) is 5.69 Å². The molecule has 0 bridgehead atoms. The number of benzene rings is 2. The molecule has 0 aliphatic carbocycles. The topological polar surface area (TPSA) is 82.1 Å². The lowest BCUT2D eigenvalue weighted by molar-refractivity contribution is -0.255. The number of hydrogen-bond acceptors (Lipinski definition) is 5. The van der Waals surface area contributed by atoms with Crippen molar-refractivity contribution < 1.29 is 14.7 Å². The molecule has 0 fully saturated rings. The molecule has 0 aliphatic heterocycles. The quantitative estimate of drug-likeness (QED) is 0.723. The summed E-state index contributed by atoms with van der Waals surface area (Å²) in [5.74, 6) is -1.48. The van der Waals surface area contributed by atoms with E-state index in [2.05, 4.69) is 10.3 Å². The van der Waals surface area contributed by atoms with Crippen LogP contribution in [0.25, 0.3) is 10.8 Å². The van der Waals surface area contributed by atoms with Crippen LogP contribution in [-0.4, -0.2) is 22.6 Å². The standard InChI is InChI=1S/C18H14N2O3S/c21-16(11-24-17-14(18(22)23)8-4-10-19-17)20-15-9-3-6-12-5-1-2-7-13(12)15/h1-10H,11H2,(H,20,21)(H,22,23)/p-1. The minimum atomic E-state index is -1.31. The Morgan fingerprint density at radius 2 is 1.83 bits per heavy atom. The van der Waals surface area contributed by atoms with Gasteiger partial charge in [0.15, 0.2) is 0 Å². The van der Waals surface area contributed by atoms with Crippen LogP contribution in [0.2, 0.25) is 0 Å². The van der Waals surface area contributed by atoms with Crippen molar-refractivity contribution in [2.45, 2.75) is 5.03 Å². The number of hydrogen-bond donors (Lipinski definition) is 1. The highest BCUT2D eigenvalue weighted by molar-refractivity contribution is 8.00. The molecule has 1 N–H and O–H groups in total. The van der Waals surface area contributed by atoms with Crippen LogP contribution in [0.15, 0.2) is 65.8 Å². The molecule has 2 aromatic carbocycles. The largest absolute Gasteiger partial charge is 0.545 e. The van der Waals surface area contributed by atoms with Crippen LogP contribution in [0.3, 0.4) is 0 Å². The van der Waals surface area contributed by atoms with E-state index < -0.39 is 5.97 Å². The van der Waals surface area contributed by atoms with Crippen molar-refractivity contribution in [3.05, 3.63) is 66.4 Å². The fraction of sp³-hybridized carbons (Fsp3) is 0.0556. The summed E-state index contributed by atoms with van der Waals surface area (Å²) < 4.78 is 0. The highest BCUT2D eigenvalue weighted by Crippen LogP contribution is 2.24. The highest BCUT2D eigenvalue weighted by Gasteiger charge is 2.10. The van der Waals surface area contributed by atoms with Gasteiger partial charge >= 0.3 is 0 Å². The summed E-state index contributed by atoms with van der Waals surface area (Å²) in [6.07, 6.45) is 1.48. The SMILES string of the molecule is O=C(CSc1ncccc1C(=O)[O-])Nc1cccc2ccccc12. The maximum atomic E-state index is 12.2. The fourth-order valence-electron chi connectivity index (χ4n) is 2.32. The minimum Gasteiger partial charge on any atom is -0.545 e. The van der Waals surface area contributed by atoms with Crippen LogP contribution in [0.1, 0.15) is 10.4 Å². The number of pyridine rings is 1. The summed E-state index contributed by atoms with van der Waals surface area (Å²) in [5.41, 5.74) is 0.709. The lowest BCUT2D eigenvalue weighted by Gasteiger charge is -2.10. The Kier molecular flexibility index (Phi) is 4.77. The smallest absolute Gasteiger partial charge is 0.234 e. The summed E-state index contributed by atoms with van der Waals surface area (Å²) in [5, 5.41) is 16.1. The fourth-order valence-corrected chi connectivity index (χ4v) is 3.10. The summed E-state index contributed by atoms with van der Waals surface area (Å²) >= 11 is 1.06. The predicted octanol–water partition coefficient (Wildman–Crippen LogP) is 2.33. The number of carboxylic acids is 1. The lowest BCUT2D eigenvalue weighted by Crippen LogP contribution is -2.23. The normalized spacial score (nSPS) is 10.5. The number of carbonyl (C=O) groups is 2. The van der Waals surface area contributed by atoms with Gasteiger partial charge in [0.05, 0.1) is 11.7 Å². The predicted molar refractivity (Wildman–Crippen MR) is 91.9 cm³/mol. The first-order valence-corrected chi connectivity index (χ1v) is 8.20. The maximum absolute atomic E-state index is 12.2. The van der Waals surface area contributed by atoms with E-state index in [1.807, 2.05) is 42.5 Å². The number of rotatable bonds is 5. The van der Waals surface area contributed by atoms with Gasteiger partial charge in [-0.25, -0.2) is 4.98 Å². The monoisotopic (exact) mass is 337 g/mol. The molecule has 1 aromatic heterocycles. The van der Waals surface area contributed by atoms with Gasteiger partial charge in [0.1, 0.15) is 5.03 Å². The van der Waals surface area contributed by atoms with Gasteiger partial charge in [0.2, 0.25) is 5.91 Å². The number of fused-ring (bicyclic) bond motifs is 1. The molecule has 3 aromatic rings. The van der Waals surface area contributed by atoms with Crippen LogP contribution >= 0.6 is 11.8 Å². The van der Waals surface area contributed by atoms with Gasteiger partial charge in [-0.3, -0.25) is 4.79 Å². The third-order valence-electron chi connectivity index (χ3n) is 3.39. The first-order chi connectivity index (χ1) is 11.6. The van der Waals surface area contributed by atoms with E-state index in [0.29, 0.717) is 0 Å². The van der Waals surface area contributed by atoms with Crippen molar-refractivity contribution in [3.63, 3.8) is 0 Å². The second-order valence-electron chi connectivity index (χ2n) is 5.01. The molecule has 0 atom stereocenters. The van der Waals surface area contributed by atoms with Gasteiger partial charge in [-0.1, -0.05) is 48.2 Å². The summed E-state index contributed by atoms with van der Waals surface area (Å²) in [6.45, 7) is 0. The molecule has 0 spiro atoms.